The lowest BCUT2D eigenvalue weighted by molar-refractivity contribution is -0.146. The first kappa shape index (κ1) is 14.4. The number of likely N-dealkylation sites (tertiary alicyclic amines) is 1. The molecule has 0 aliphatic carbocycles. The number of carboxylic acids is 1. The molecule has 0 aromatic carbocycles. The maximum atomic E-state index is 12.0. The highest BCUT2D eigenvalue weighted by atomic mass is 16.4. The van der Waals surface area contributed by atoms with Crippen LogP contribution in [0.5, 0.6) is 0 Å². The molecular weight excluding hydrogens is 232 g/mol. The zero-order valence-electron chi connectivity index (χ0n) is 10.9. The highest BCUT2D eigenvalue weighted by Gasteiger charge is 2.42. The molecule has 1 heterocycles. The van der Waals surface area contributed by atoms with E-state index in [4.69, 9.17) is 11.5 Å². The number of hydrogen-bond donors (Lipinski definition) is 2. The van der Waals surface area contributed by atoms with Crippen molar-refractivity contribution in [2.75, 3.05) is 13.1 Å². The Morgan fingerprint density at radius 2 is 2.28 bits per heavy atom. The summed E-state index contributed by atoms with van der Waals surface area (Å²) in [4.78, 5) is 24.6. The van der Waals surface area contributed by atoms with Crippen molar-refractivity contribution in [1.29, 1.82) is 0 Å². The number of carbonyl (C=O) groups excluding carboxylic acids is 1. The summed E-state index contributed by atoms with van der Waals surface area (Å²) in [6, 6.07) is -0.263. The van der Waals surface area contributed by atoms with Crippen LogP contribution in [0.15, 0.2) is 0 Å². The van der Waals surface area contributed by atoms with E-state index in [-0.39, 0.29) is 18.6 Å². The minimum Gasteiger partial charge on any atom is -0.481 e. The van der Waals surface area contributed by atoms with E-state index in [2.05, 4.69) is 11.2 Å². The van der Waals surface area contributed by atoms with E-state index >= 15 is 0 Å². The number of nitrogens with one attached hydrogen (secondary N) is 1. The Balaban J connectivity index is 2.55. The zero-order valence-corrected chi connectivity index (χ0v) is 10.9. The van der Waals surface area contributed by atoms with Gasteiger partial charge in [0, 0.05) is 25.6 Å². The predicted octanol–water partition coefficient (Wildman–Crippen LogP) is 1.29. The number of urea groups is 1. The van der Waals surface area contributed by atoms with E-state index in [0.717, 1.165) is 6.42 Å². The lowest BCUT2D eigenvalue weighted by Crippen LogP contribution is -2.44. The van der Waals surface area contributed by atoms with Gasteiger partial charge in [-0.1, -0.05) is 6.92 Å². The Labute approximate surface area is 108 Å². The van der Waals surface area contributed by atoms with Crippen LogP contribution in [0.2, 0.25) is 0 Å². The summed E-state index contributed by atoms with van der Waals surface area (Å²) in [5, 5.41) is 11.9. The fraction of sp³-hybridized carbons (Fsp3) is 0.692. The van der Waals surface area contributed by atoms with Crippen molar-refractivity contribution in [3.05, 3.63) is 0 Å². The normalized spacial score (nSPS) is 24.4. The Hall–Kier alpha value is -1.70. The van der Waals surface area contributed by atoms with Gasteiger partial charge in [0.25, 0.3) is 0 Å². The van der Waals surface area contributed by atoms with Gasteiger partial charge < -0.3 is 15.3 Å². The van der Waals surface area contributed by atoms with Gasteiger partial charge in [0.15, 0.2) is 0 Å². The topological polar surface area (TPSA) is 69.6 Å². The second-order valence-electron chi connectivity index (χ2n) is 5.00. The molecule has 0 bridgehead atoms. The molecule has 0 spiro atoms. The van der Waals surface area contributed by atoms with Crippen molar-refractivity contribution < 1.29 is 14.7 Å². The molecule has 0 saturated carbocycles. The quantitative estimate of drug-likeness (QED) is 0.741. The van der Waals surface area contributed by atoms with Gasteiger partial charge in [-0.2, -0.15) is 0 Å². The molecule has 2 amide bonds. The number of nitrogens with zero attached hydrogens (tertiary/aromatic N) is 1. The van der Waals surface area contributed by atoms with Gasteiger partial charge in [-0.05, 0) is 19.8 Å². The van der Waals surface area contributed by atoms with Crippen LogP contribution in [-0.4, -0.2) is 41.1 Å². The van der Waals surface area contributed by atoms with Crippen molar-refractivity contribution in [3.63, 3.8) is 0 Å². The molecule has 100 valence electrons. The lowest BCUT2D eigenvalue weighted by Gasteiger charge is -2.23. The summed E-state index contributed by atoms with van der Waals surface area (Å²) < 4.78 is 0. The van der Waals surface area contributed by atoms with Crippen molar-refractivity contribution in [2.24, 2.45) is 5.41 Å². The van der Waals surface area contributed by atoms with E-state index in [1.165, 1.54) is 0 Å². The molecule has 1 aliphatic heterocycles. The number of rotatable bonds is 4. The molecule has 1 aliphatic rings. The molecule has 2 unspecified atom stereocenters. The minimum atomic E-state index is -0.853. The van der Waals surface area contributed by atoms with E-state index in [1.54, 1.807) is 11.8 Å². The van der Waals surface area contributed by atoms with Gasteiger partial charge in [-0.25, -0.2) is 4.79 Å². The van der Waals surface area contributed by atoms with Crippen molar-refractivity contribution in [3.8, 4) is 12.3 Å². The van der Waals surface area contributed by atoms with E-state index in [0.29, 0.717) is 19.4 Å². The summed E-state index contributed by atoms with van der Waals surface area (Å²) >= 11 is 0. The van der Waals surface area contributed by atoms with Crippen LogP contribution in [-0.2, 0) is 4.79 Å². The average Bonchev–Trinajstić information content (AvgIpc) is 2.73. The maximum absolute atomic E-state index is 12.0. The maximum Gasteiger partial charge on any atom is 0.317 e. The predicted molar refractivity (Wildman–Crippen MR) is 68.0 cm³/mol. The number of carboxylic acid groups (broad SMARTS) is 1. The third-order valence-corrected chi connectivity index (χ3v) is 3.46. The van der Waals surface area contributed by atoms with Crippen molar-refractivity contribution in [2.45, 2.75) is 39.2 Å². The zero-order chi connectivity index (χ0) is 13.8. The van der Waals surface area contributed by atoms with Crippen molar-refractivity contribution >= 4 is 12.0 Å². The molecule has 1 fully saturated rings. The van der Waals surface area contributed by atoms with E-state index in [1.807, 2.05) is 6.92 Å². The molecule has 0 aromatic heterocycles. The largest absolute Gasteiger partial charge is 0.481 e. The van der Waals surface area contributed by atoms with Crippen LogP contribution in [0.3, 0.4) is 0 Å². The number of amides is 2. The third kappa shape index (κ3) is 3.16. The molecule has 5 heteroatoms. The van der Waals surface area contributed by atoms with Gasteiger partial charge in [-0.3, -0.25) is 4.79 Å². The van der Waals surface area contributed by atoms with Gasteiger partial charge in [-0.15, -0.1) is 12.3 Å². The SMILES string of the molecule is C#CCC(CC)NC(=O)N1CCC(C)(C(=O)O)C1. The average molecular weight is 252 g/mol. The van der Waals surface area contributed by atoms with Crippen LogP contribution in [0.25, 0.3) is 0 Å². The number of aliphatic carboxylic acids is 1. The Kier molecular flexibility index (Phi) is 4.60. The first-order valence-corrected chi connectivity index (χ1v) is 6.15. The molecular formula is C13H20N2O3. The first-order valence-electron chi connectivity index (χ1n) is 6.15. The molecule has 0 radical (unpaired) electrons. The second-order valence-corrected chi connectivity index (χ2v) is 5.00. The summed E-state index contributed by atoms with van der Waals surface area (Å²) in [7, 11) is 0. The molecule has 1 saturated heterocycles. The molecule has 0 aromatic rings. The van der Waals surface area contributed by atoms with Crippen molar-refractivity contribution in [1.82, 2.24) is 10.2 Å². The summed E-state index contributed by atoms with van der Waals surface area (Å²) in [5.41, 5.74) is -0.828. The Morgan fingerprint density at radius 1 is 1.61 bits per heavy atom. The lowest BCUT2D eigenvalue weighted by atomic mass is 9.90. The standard InChI is InChI=1S/C13H20N2O3/c1-4-6-10(5-2)14-12(18)15-8-7-13(3,9-15)11(16)17/h1,10H,5-9H2,2-3H3,(H,14,18)(H,16,17). The van der Waals surface area contributed by atoms with Gasteiger partial charge in [0.2, 0.25) is 0 Å². The van der Waals surface area contributed by atoms with Crippen LogP contribution in [0, 0.1) is 17.8 Å². The fourth-order valence-corrected chi connectivity index (χ4v) is 2.01. The third-order valence-electron chi connectivity index (χ3n) is 3.46. The fourth-order valence-electron chi connectivity index (χ4n) is 2.01. The molecule has 5 nitrogen and oxygen atoms in total. The van der Waals surface area contributed by atoms with Gasteiger partial charge >= 0.3 is 12.0 Å². The van der Waals surface area contributed by atoms with Crippen LogP contribution in [0.1, 0.15) is 33.1 Å². The number of hydrogen-bond acceptors (Lipinski definition) is 2. The molecule has 18 heavy (non-hydrogen) atoms. The monoisotopic (exact) mass is 252 g/mol. The second kappa shape index (κ2) is 5.76. The van der Waals surface area contributed by atoms with E-state index in [9.17, 15) is 9.59 Å². The van der Waals surface area contributed by atoms with Crippen LogP contribution >= 0.6 is 0 Å². The summed E-state index contributed by atoms with van der Waals surface area (Å²) in [6.07, 6.45) is 6.97. The smallest absolute Gasteiger partial charge is 0.317 e. The first-order chi connectivity index (χ1) is 8.42. The molecule has 2 N–H and O–H groups in total. The summed E-state index contributed by atoms with van der Waals surface area (Å²) in [5.74, 6) is 1.67. The van der Waals surface area contributed by atoms with Gasteiger partial charge in [0.1, 0.15) is 0 Å². The summed E-state index contributed by atoms with van der Waals surface area (Å²) in [6.45, 7) is 4.34. The Morgan fingerprint density at radius 3 is 2.72 bits per heavy atom. The number of terminal acetylenes is 1. The number of carbonyl (C=O) groups is 2. The minimum absolute atomic E-state index is 0.0424. The molecule has 2 atom stereocenters. The Bertz CT molecular complexity index is 375. The molecule has 1 rings (SSSR count). The van der Waals surface area contributed by atoms with Gasteiger partial charge in [0.05, 0.1) is 5.41 Å². The highest BCUT2D eigenvalue weighted by Crippen LogP contribution is 2.30. The van der Waals surface area contributed by atoms with E-state index < -0.39 is 11.4 Å². The van der Waals surface area contributed by atoms with Crippen LogP contribution < -0.4 is 5.32 Å². The highest BCUT2D eigenvalue weighted by molar-refractivity contribution is 5.79. The van der Waals surface area contributed by atoms with Crippen LogP contribution in [0.4, 0.5) is 4.79 Å².